The standard InChI is InChI=1S/C19H22N2OS/c22-15(13-20-11-5-6-12-23-20)14-21-18-9-3-1-7-16(18)17-8-2-4-10-19(17)21/h1-4,7-10,15,22H,5-6,11-14H2/t15-/m0/s1. The minimum atomic E-state index is -0.347. The van der Waals surface area contributed by atoms with Gasteiger partial charge in [-0.05, 0) is 25.0 Å². The maximum atomic E-state index is 10.6. The molecule has 120 valence electrons. The third-order valence-corrected chi connectivity index (χ3v) is 5.73. The van der Waals surface area contributed by atoms with Crippen molar-refractivity contribution in [2.45, 2.75) is 25.5 Å². The lowest BCUT2D eigenvalue weighted by molar-refractivity contribution is 0.132. The molecule has 4 rings (SSSR count). The molecule has 1 atom stereocenters. The Kier molecular flexibility index (Phi) is 4.29. The highest BCUT2D eigenvalue weighted by molar-refractivity contribution is 7.97. The molecular formula is C19H22N2OS. The van der Waals surface area contributed by atoms with Crippen molar-refractivity contribution in [1.82, 2.24) is 8.87 Å². The summed E-state index contributed by atoms with van der Waals surface area (Å²) in [6, 6.07) is 17.0. The highest BCUT2D eigenvalue weighted by Crippen LogP contribution is 2.29. The maximum absolute atomic E-state index is 10.6. The number of hydrogen-bond acceptors (Lipinski definition) is 3. The number of aliphatic hydroxyl groups excluding tert-OH is 1. The van der Waals surface area contributed by atoms with Crippen molar-refractivity contribution in [3.8, 4) is 0 Å². The molecule has 0 saturated carbocycles. The lowest BCUT2D eigenvalue weighted by Crippen LogP contribution is -2.33. The van der Waals surface area contributed by atoms with Crippen LogP contribution in [0.5, 0.6) is 0 Å². The first-order valence-electron chi connectivity index (χ1n) is 8.35. The Labute approximate surface area is 141 Å². The van der Waals surface area contributed by atoms with Crippen LogP contribution in [0.1, 0.15) is 12.8 Å². The molecule has 3 nitrogen and oxygen atoms in total. The van der Waals surface area contributed by atoms with Crippen LogP contribution in [0, 0.1) is 0 Å². The number of fused-ring (bicyclic) bond motifs is 3. The van der Waals surface area contributed by atoms with Crippen molar-refractivity contribution in [2.24, 2.45) is 0 Å². The van der Waals surface area contributed by atoms with Gasteiger partial charge in [-0.3, -0.25) is 0 Å². The van der Waals surface area contributed by atoms with Crippen LogP contribution >= 0.6 is 11.9 Å². The molecule has 2 aromatic carbocycles. The number of rotatable bonds is 4. The summed E-state index contributed by atoms with van der Waals surface area (Å²) in [5, 5.41) is 13.1. The smallest absolute Gasteiger partial charge is 0.0855 e. The lowest BCUT2D eigenvalue weighted by atomic mass is 10.2. The zero-order valence-corrected chi connectivity index (χ0v) is 14.0. The molecule has 0 aliphatic carbocycles. The molecule has 0 radical (unpaired) electrons. The van der Waals surface area contributed by atoms with Gasteiger partial charge >= 0.3 is 0 Å². The monoisotopic (exact) mass is 326 g/mol. The number of para-hydroxylation sites is 2. The average Bonchev–Trinajstić information content (AvgIpc) is 2.90. The number of β-amino-alcohol motifs (C(OH)–C–C–N with tert-alkyl or cyclic N) is 1. The van der Waals surface area contributed by atoms with Gasteiger partial charge in [0.05, 0.1) is 12.6 Å². The summed E-state index contributed by atoms with van der Waals surface area (Å²) in [6.07, 6.45) is 2.19. The maximum Gasteiger partial charge on any atom is 0.0855 e. The fraction of sp³-hybridized carbons (Fsp3) is 0.368. The van der Waals surface area contributed by atoms with E-state index in [2.05, 4.69) is 57.4 Å². The third kappa shape index (κ3) is 2.99. The quantitative estimate of drug-likeness (QED) is 0.737. The molecule has 0 amide bonds. The molecule has 1 aromatic heterocycles. The van der Waals surface area contributed by atoms with Gasteiger partial charge < -0.3 is 9.67 Å². The van der Waals surface area contributed by atoms with Crippen LogP contribution in [0.25, 0.3) is 21.8 Å². The molecule has 0 spiro atoms. The van der Waals surface area contributed by atoms with Gasteiger partial charge in [-0.25, -0.2) is 4.31 Å². The van der Waals surface area contributed by atoms with Crippen molar-refractivity contribution < 1.29 is 5.11 Å². The zero-order valence-electron chi connectivity index (χ0n) is 13.2. The first-order valence-corrected chi connectivity index (χ1v) is 9.29. The summed E-state index contributed by atoms with van der Waals surface area (Å²) in [6.45, 7) is 2.48. The molecule has 0 bridgehead atoms. The Bertz CT molecular complexity index is 754. The van der Waals surface area contributed by atoms with Gasteiger partial charge in [0.15, 0.2) is 0 Å². The van der Waals surface area contributed by atoms with E-state index < -0.39 is 0 Å². The fourth-order valence-corrected chi connectivity index (χ4v) is 4.62. The van der Waals surface area contributed by atoms with Gasteiger partial charge in [-0.2, -0.15) is 0 Å². The van der Waals surface area contributed by atoms with Crippen LogP contribution in [0.4, 0.5) is 0 Å². The Morgan fingerprint density at radius 1 is 0.913 bits per heavy atom. The van der Waals surface area contributed by atoms with Crippen molar-refractivity contribution >= 4 is 33.8 Å². The second-order valence-corrected chi connectivity index (χ2v) is 7.41. The largest absolute Gasteiger partial charge is 0.390 e. The van der Waals surface area contributed by atoms with Crippen LogP contribution in [0.2, 0.25) is 0 Å². The van der Waals surface area contributed by atoms with E-state index in [1.165, 1.54) is 40.4 Å². The Balaban J connectivity index is 1.64. The first-order chi connectivity index (χ1) is 11.3. The van der Waals surface area contributed by atoms with E-state index in [0.29, 0.717) is 6.54 Å². The van der Waals surface area contributed by atoms with Crippen molar-refractivity contribution in [3.63, 3.8) is 0 Å². The van der Waals surface area contributed by atoms with Gasteiger partial charge in [-0.1, -0.05) is 48.3 Å². The van der Waals surface area contributed by atoms with Crippen molar-refractivity contribution in [1.29, 1.82) is 0 Å². The molecule has 4 heteroatoms. The second kappa shape index (κ2) is 6.56. The SMILES string of the molecule is O[C@@H](CN1CCCCS1)Cn1c2ccccc2c2ccccc21. The van der Waals surface area contributed by atoms with E-state index in [0.717, 1.165) is 13.1 Å². The predicted octanol–water partition coefficient (Wildman–Crippen LogP) is 3.90. The molecule has 1 fully saturated rings. The van der Waals surface area contributed by atoms with E-state index >= 15 is 0 Å². The molecule has 1 saturated heterocycles. The van der Waals surface area contributed by atoms with E-state index in [9.17, 15) is 5.11 Å². The van der Waals surface area contributed by atoms with Gasteiger partial charge in [0.25, 0.3) is 0 Å². The van der Waals surface area contributed by atoms with E-state index in [1.54, 1.807) is 0 Å². The van der Waals surface area contributed by atoms with E-state index in [1.807, 2.05) is 11.9 Å². The van der Waals surface area contributed by atoms with Crippen LogP contribution in [-0.2, 0) is 6.54 Å². The van der Waals surface area contributed by atoms with Crippen LogP contribution < -0.4 is 0 Å². The second-order valence-electron chi connectivity index (χ2n) is 6.23. The van der Waals surface area contributed by atoms with Crippen molar-refractivity contribution in [2.75, 3.05) is 18.8 Å². The highest BCUT2D eigenvalue weighted by Gasteiger charge is 2.18. The molecule has 3 aromatic rings. The average molecular weight is 326 g/mol. The van der Waals surface area contributed by atoms with Crippen molar-refractivity contribution in [3.05, 3.63) is 48.5 Å². The Morgan fingerprint density at radius 2 is 1.57 bits per heavy atom. The molecule has 2 heterocycles. The topological polar surface area (TPSA) is 28.4 Å². The van der Waals surface area contributed by atoms with E-state index in [-0.39, 0.29) is 6.10 Å². The van der Waals surface area contributed by atoms with Crippen LogP contribution in [0.15, 0.2) is 48.5 Å². The number of aliphatic hydroxyl groups is 1. The first kappa shape index (κ1) is 15.1. The van der Waals surface area contributed by atoms with Crippen LogP contribution in [-0.4, -0.2) is 38.9 Å². The number of hydrogen-bond donors (Lipinski definition) is 1. The lowest BCUT2D eigenvalue weighted by Gasteiger charge is -2.27. The minimum Gasteiger partial charge on any atom is -0.390 e. The zero-order chi connectivity index (χ0) is 15.6. The Hall–Kier alpha value is -1.49. The number of aromatic nitrogens is 1. The summed E-state index contributed by atoms with van der Waals surface area (Å²) >= 11 is 1.88. The third-order valence-electron chi connectivity index (χ3n) is 4.56. The van der Waals surface area contributed by atoms with Crippen LogP contribution in [0.3, 0.4) is 0 Å². The van der Waals surface area contributed by atoms with E-state index in [4.69, 9.17) is 0 Å². The number of benzene rings is 2. The fourth-order valence-electron chi connectivity index (χ4n) is 3.50. The Morgan fingerprint density at radius 3 is 2.17 bits per heavy atom. The molecule has 23 heavy (non-hydrogen) atoms. The summed E-state index contributed by atoms with van der Waals surface area (Å²) in [7, 11) is 0. The molecule has 1 aliphatic rings. The minimum absolute atomic E-state index is 0.347. The van der Waals surface area contributed by atoms with Gasteiger partial charge in [0, 0.05) is 40.6 Å². The van der Waals surface area contributed by atoms with Gasteiger partial charge in [-0.15, -0.1) is 0 Å². The highest BCUT2D eigenvalue weighted by atomic mass is 32.2. The molecular weight excluding hydrogens is 304 g/mol. The van der Waals surface area contributed by atoms with Gasteiger partial charge in [0.1, 0.15) is 0 Å². The number of nitrogens with zero attached hydrogens (tertiary/aromatic N) is 2. The normalized spacial score (nSPS) is 17.8. The molecule has 0 unspecified atom stereocenters. The predicted molar refractivity (Wildman–Crippen MR) is 98.7 cm³/mol. The molecule has 1 N–H and O–H groups in total. The molecule has 1 aliphatic heterocycles. The summed E-state index contributed by atoms with van der Waals surface area (Å²) in [5.41, 5.74) is 2.41. The summed E-state index contributed by atoms with van der Waals surface area (Å²) < 4.78 is 4.59. The summed E-state index contributed by atoms with van der Waals surface area (Å²) in [5.74, 6) is 1.18. The summed E-state index contributed by atoms with van der Waals surface area (Å²) in [4.78, 5) is 0. The van der Waals surface area contributed by atoms with Gasteiger partial charge in [0.2, 0.25) is 0 Å².